The standard InChI is InChI=1S/C20H19NO5S2/c1-12-19-13(9-21(11-25-19)14-4-6-28(23,24)10-14)7-16-18(22)17(26-20(12)16)8-15-3-2-5-27-15/h2-3,5,7-8,14H,4,6,9-11H2,1H3/b17-8+/t14-/m0/s1. The van der Waals surface area contributed by atoms with E-state index in [2.05, 4.69) is 0 Å². The summed E-state index contributed by atoms with van der Waals surface area (Å²) in [6.45, 7) is 2.81. The van der Waals surface area contributed by atoms with E-state index in [9.17, 15) is 13.2 Å². The molecule has 8 heteroatoms. The zero-order valence-corrected chi connectivity index (χ0v) is 16.9. The SMILES string of the molecule is Cc1c2c(cc3c1O/C(=C/c1cccs1)C3=O)CN([C@H]1CCS(=O)(=O)C1)CO2. The van der Waals surface area contributed by atoms with Gasteiger partial charge in [-0.05, 0) is 30.9 Å². The third kappa shape index (κ3) is 2.96. The van der Waals surface area contributed by atoms with Gasteiger partial charge in [-0.2, -0.15) is 0 Å². The van der Waals surface area contributed by atoms with E-state index in [-0.39, 0.29) is 23.3 Å². The minimum atomic E-state index is -2.96. The number of hydrogen-bond acceptors (Lipinski definition) is 7. The number of thiophene rings is 1. The van der Waals surface area contributed by atoms with E-state index in [0.29, 0.717) is 36.8 Å². The van der Waals surface area contributed by atoms with Gasteiger partial charge in [0.2, 0.25) is 5.78 Å². The van der Waals surface area contributed by atoms with Gasteiger partial charge in [-0.15, -0.1) is 11.3 Å². The Hall–Kier alpha value is -2.16. The van der Waals surface area contributed by atoms with Crippen LogP contribution in [-0.2, 0) is 16.4 Å². The number of fused-ring (bicyclic) bond motifs is 2. The van der Waals surface area contributed by atoms with Crippen LogP contribution >= 0.6 is 11.3 Å². The number of hydrogen-bond donors (Lipinski definition) is 0. The van der Waals surface area contributed by atoms with Crippen molar-refractivity contribution >= 4 is 33.0 Å². The fourth-order valence-electron chi connectivity index (χ4n) is 4.07. The highest BCUT2D eigenvalue weighted by molar-refractivity contribution is 7.91. The Morgan fingerprint density at radius 2 is 2.18 bits per heavy atom. The fourth-order valence-corrected chi connectivity index (χ4v) is 6.47. The van der Waals surface area contributed by atoms with Crippen molar-refractivity contribution in [3.05, 3.63) is 50.9 Å². The van der Waals surface area contributed by atoms with E-state index < -0.39 is 9.84 Å². The maximum atomic E-state index is 12.9. The third-order valence-electron chi connectivity index (χ3n) is 5.51. The molecule has 1 atom stereocenters. The number of benzene rings is 1. The molecule has 0 amide bonds. The molecule has 3 aliphatic heterocycles. The number of nitrogens with zero attached hydrogens (tertiary/aromatic N) is 1. The molecule has 0 aliphatic carbocycles. The van der Waals surface area contributed by atoms with Crippen LogP contribution in [0.15, 0.2) is 29.3 Å². The summed E-state index contributed by atoms with van der Waals surface area (Å²) < 4.78 is 35.5. The lowest BCUT2D eigenvalue weighted by molar-refractivity contribution is 0.0637. The van der Waals surface area contributed by atoms with E-state index in [4.69, 9.17) is 9.47 Å². The first kappa shape index (κ1) is 17.9. The van der Waals surface area contributed by atoms with Crippen LogP contribution in [0, 0.1) is 6.92 Å². The van der Waals surface area contributed by atoms with Gasteiger partial charge >= 0.3 is 0 Å². The van der Waals surface area contributed by atoms with E-state index >= 15 is 0 Å². The number of allylic oxidation sites excluding steroid dienone is 1. The number of carbonyl (C=O) groups is 1. The van der Waals surface area contributed by atoms with Crippen molar-refractivity contribution in [1.82, 2.24) is 4.90 Å². The van der Waals surface area contributed by atoms with Crippen molar-refractivity contribution in [2.45, 2.75) is 25.9 Å². The van der Waals surface area contributed by atoms with Crippen molar-refractivity contribution < 1.29 is 22.7 Å². The second kappa shape index (κ2) is 6.43. The molecule has 1 aromatic heterocycles. The third-order valence-corrected chi connectivity index (χ3v) is 8.08. The molecule has 1 aromatic carbocycles. The maximum absolute atomic E-state index is 12.9. The van der Waals surface area contributed by atoms with E-state index in [1.807, 2.05) is 35.4 Å². The first-order valence-electron chi connectivity index (χ1n) is 9.13. The topological polar surface area (TPSA) is 72.9 Å². The molecular formula is C20H19NO5S2. The molecule has 146 valence electrons. The molecule has 6 nitrogen and oxygen atoms in total. The van der Waals surface area contributed by atoms with Gasteiger partial charge in [0.05, 0.1) is 17.1 Å². The van der Waals surface area contributed by atoms with Gasteiger partial charge in [0.1, 0.15) is 18.2 Å². The molecule has 0 radical (unpaired) electrons. The Morgan fingerprint density at radius 1 is 1.32 bits per heavy atom. The lowest BCUT2D eigenvalue weighted by Crippen LogP contribution is -2.41. The van der Waals surface area contributed by atoms with Crippen LogP contribution in [0.2, 0.25) is 0 Å². The maximum Gasteiger partial charge on any atom is 0.232 e. The van der Waals surface area contributed by atoms with E-state index in [1.165, 1.54) is 0 Å². The highest BCUT2D eigenvalue weighted by Crippen LogP contribution is 2.43. The first-order valence-corrected chi connectivity index (χ1v) is 11.8. The van der Waals surface area contributed by atoms with Crippen LogP contribution in [0.4, 0.5) is 0 Å². The summed E-state index contributed by atoms with van der Waals surface area (Å²) in [7, 11) is -2.96. The second-order valence-electron chi connectivity index (χ2n) is 7.40. The average molecular weight is 418 g/mol. The van der Waals surface area contributed by atoms with Crippen molar-refractivity contribution in [3.8, 4) is 11.5 Å². The van der Waals surface area contributed by atoms with Crippen molar-refractivity contribution in [1.29, 1.82) is 0 Å². The first-order chi connectivity index (χ1) is 13.4. The zero-order chi connectivity index (χ0) is 19.5. The van der Waals surface area contributed by atoms with Crippen molar-refractivity contribution in [2.24, 2.45) is 0 Å². The lowest BCUT2D eigenvalue weighted by Gasteiger charge is -2.33. The molecule has 0 N–H and O–H groups in total. The summed E-state index contributed by atoms with van der Waals surface area (Å²) >= 11 is 1.55. The van der Waals surface area contributed by atoms with Gasteiger partial charge in [-0.1, -0.05) is 6.07 Å². The summed E-state index contributed by atoms with van der Waals surface area (Å²) in [6, 6.07) is 5.67. The summed E-state index contributed by atoms with van der Waals surface area (Å²) in [4.78, 5) is 15.9. The van der Waals surface area contributed by atoms with Crippen LogP contribution in [0.3, 0.4) is 0 Å². The zero-order valence-electron chi connectivity index (χ0n) is 15.3. The van der Waals surface area contributed by atoms with Crippen LogP contribution in [0.25, 0.3) is 6.08 Å². The number of rotatable bonds is 2. The predicted octanol–water partition coefficient (Wildman–Crippen LogP) is 3.01. The van der Waals surface area contributed by atoms with E-state index in [0.717, 1.165) is 21.8 Å². The number of Topliss-reactive ketones (excluding diaryl/α,β-unsaturated/α-hetero) is 1. The number of ketones is 1. The molecule has 28 heavy (non-hydrogen) atoms. The molecule has 0 bridgehead atoms. The van der Waals surface area contributed by atoms with Crippen molar-refractivity contribution in [3.63, 3.8) is 0 Å². The summed E-state index contributed by atoms with van der Waals surface area (Å²) in [6.07, 6.45) is 2.39. The smallest absolute Gasteiger partial charge is 0.232 e. The van der Waals surface area contributed by atoms with Crippen molar-refractivity contribution in [2.75, 3.05) is 18.2 Å². The Morgan fingerprint density at radius 3 is 2.89 bits per heavy atom. The van der Waals surface area contributed by atoms with Gasteiger partial charge in [0.15, 0.2) is 15.6 Å². The Bertz CT molecular complexity index is 1100. The highest BCUT2D eigenvalue weighted by Gasteiger charge is 2.37. The molecule has 1 saturated heterocycles. The highest BCUT2D eigenvalue weighted by atomic mass is 32.2. The predicted molar refractivity (Wildman–Crippen MR) is 107 cm³/mol. The summed E-state index contributed by atoms with van der Waals surface area (Å²) in [5.74, 6) is 1.89. The van der Waals surface area contributed by atoms with Gasteiger partial charge in [-0.3, -0.25) is 9.69 Å². The molecule has 5 rings (SSSR count). The Labute approximate surface area is 167 Å². The van der Waals surface area contributed by atoms with Gasteiger partial charge in [-0.25, -0.2) is 8.42 Å². The average Bonchev–Trinajstić information content (AvgIpc) is 3.37. The minimum Gasteiger partial charge on any atom is -0.477 e. The molecule has 0 saturated carbocycles. The van der Waals surface area contributed by atoms with E-state index in [1.54, 1.807) is 17.4 Å². The Kier molecular flexibility index (Phi) is 4.12. The fraction of sp³-hybridized carbons (Fsp3) is 0.350. The molecule has 0 spiro atoms. The van der Waals surface area contributed by atoms with Crippen LogP contribution in [0.1, 0.15) is 32.8 Å². The molecule has 2 aromatic rings. The molecular weight excluding hydrogens is 398 g/mol. The Balaban J connectivity index is 1.46. The molecule has 0 unspecified atom stereocenters. The van der Waals surface area contributed by atoms with Crippen LogP contribution in [0.5, 0.6) is 11.5 Å². The largest absolute Gasteiger partial charge is 0.477 e. The number of carbonyl (C=O) groups excluding carboxylic acids is 1. The monoisotopic (exact) mass is 417 g/mol. The van der Waals surface area contributed by atoms with Crippen LogP contribution in [-0.4, -0.2) is 43.4 Å². The quantitative estimate of drug-likeness (QED) is 0.700. The summed E-state index contributed by atoms with van der Waals surface area (Å²) in [5, 5.41) is 1.95. The minimum absolute atomic E-state index is 0.0343. The second-order valence-corrected chi connectivity index (χ2v) is 10.6. The number of sulfone groups is 1. The molecule has 1 fully saturated rings. The van der Waals surface area contributed by atoms with Gasteiger partial charge in [0, 0.05) is 34.7 Å². The molecule has 3 aliphatic rings. The van der Waals surface area contributed by atoms with Gasteiger partial charge < -0.3 is 9.47 Å². The normalized spacial score (nSPS) is 24.7. The van der Waals surface area contributed by atoms with Gasteiger partial charge in [0.25, 0.3) is 0 Å². The molecule has 4 heterocycles. The summed E-state index contributed by atoms with van der Waals surface area (Å²) in [5.41, 5.74) is 2.26. The number of ether oxygens (including phenoxy) is 2. The van der Waals surface area contributed by atoms with Crippen LogP contribution < -0.4 is 9.47 Å². The lowest BCUT2D eigenvalue weighted by atomic mass is 9.99.